The molecule has 4 heteroatoms. The second kappa shape index (κ2) is 7.49. The molecule has 1 unspecified atom stereocenters. The molecular formula is C20H28N2O2. The zero-order valence-corrected chi connectivity index (χ0v) is 14.7. The Balaban J connectivity index is 1.79. The van der Waals surface area contributed by atoms with Crippen LogP contribution in [0.15, 0.2) is 36.9 Å². The smallest absolute Gasteiger partial charge is 0.183 e. The van der Waals surface area contributed by atoms with Crippen molar-refractivity contribution in [2.24, 2.45) is 0 Å². The van der Waals surface area contributed by atoms with E-state index < -0.39 is 5.54 Å². The number of hydrogen-bond acceptors (Lipinski definition) is 4. The van der Waals surface area contributed by atoms with Gasteiger partial charge in [0.25, 0.3) is 0 Å². The van der Waals surface area contributed by atoms with Gasteiger partial charge in [-0.05, 0) is 50.5 Å². The van der Waals surface area contributed by atoms with Crippen LogP contribution in [0.1, 0.15) is 36.5 Å². The van der Waals surface area contributed by atoms with Gasteiger partial charge in [0.05, 0.1) is 18.8 Å². The fraction of sp³-hybridized carbons (Fsp3) is 0.550. The molecule has 1 aromatic rings. The average molecular weight is 328 g/mol. The molecule has 2 heterocycles. The Kier molecular flexibility index (Phi) is 5.36. The minimum absolute atomic E-state index is 0.178. The van der Waals surface area contributed by atoms with Crippen molar-refractivity contribution in [2.75, 3.05) is 44.3 Å². The monoisotopic (exact) mass is 328 g/mol. The molecule has 3 rings (SSSR count). The number of anilines is 1. The summed E-state index contributed by atoms with van der Waals surface area (Å²) < 4.78 is 5.45. The maximum absolute atomic E-state index is 13.2. The van der Waals surface area contributed by atoms with Gasteiger partial charge in [-0.1, -0.05) is 6.08 Å². The van der Waals surface area contributed by atoms with Gasteiger partial charge in [-0.2, -0.15) is 0 Å². The molecule has 0 bridgehead atoms. The van der Waals surface area contributed by atoms with Crippen LogP contribution >= 0.6 is 0 Å². The van der Waals surface area contributed by atoms with Crippen LogP contribution in [0.5, 0.6) is 0 Å². The summed E-state index contributed by atoms with van der Waals surface area (Å²) in [5.41, 5.74) is 1.47. The van der Waals surface area contributed by atoms with Gasteiger partial charge in [0.15, 0.2) is 5.78 Å². The lowest BCUT2D eigenvalue weighted by Gasteiger charge is -2.41. The van der Waals surface area contributed by atoms with Gasteiger partial charge in [-0.15, -0.1) is 6.58 Å². The van der Waals surface area contributed by atoms with Crippen molar-refractivity contribution in [3.8, 4) is 0 Å². The standard InChI is InChI=1S/C20H28N2O2/c1-3-10-20(2,22-13-15-24-16-14-22)19(23)17-6-8-18(9-7-17)21-11-4-5-12-21/h3,6-9H,1,4-5,10-16H2,2H3. The van der Waals surface area contributed by atoms with Crippen LogP contribution in [0.25, 0.3) is 0 Å². The highest BCUT2D eigenvalue weighted by molar-refractivity contribution is 6.03. The molecule has 0 aromatic heterocycles. The molecule has 1 aromatic carbocycles. The third-order valence-electron chi connectivity index (χ3n) is 5.34. The van der Waals surface area contributed by atoms with E-state index in [1.54, 1.807) is 0 Å². The zero-order valence-electron chi connectivity index (χ0n) is 14.7. The van der Waals surface area contributed by atoms with Crippen LogP contribution in [0, 0.1) is 0 Å². The summed E-state index contributed by atoms with van der Waals surface area (Å²) in [5.74, 6) is 0.178. The summed E-state index contributed by atoms with van der Waals surface area (Å²) in [5, 5.41) is 0. The number of ketones is 1. The van der Waals surface area contributed by atoms with E-state index in [9.17, 15) is 4.79 Å². The summed E-state index contributed by atoms with van der Waals surface area (Å²) >= 11 is 0. The first-order valence-corrected chi connectivity index (χ1v) is 8.99. The van der Waals surface area contributed by atoms with Crippen LogP contribution in [0.2, 0.25) is 0 Å². The van der Waals surface area contributed by atoms with Crippen molar-refractivity contribution >= 4 is 11.5 Å². The Morgan fingerprint density at radius 2 is 1.79 bits per heavy atom. The number of hydrogen-bond donors (Lipinski definition) is 0. The minimum Gasteiger partial charge on any atom is -0.379 e. The number of carbonyl (C=O) groups excluding carboxylic acids is 1. The first-order valence-electron chi connectivity index (χ1n) is 8.99. The Bertz CT molecular complexity index is 572. The van der Waals surface area contributed by atoms with Crippen LogP contribution in [0.3, 0.4) is 0 Å². The van der Waals surface area contributed by atoms with E-state index in [2.05, 4.69) is 28.5 Å². The second-order valence-electron chi connectivity index (χ2n) is 6.94. The van der Waals surface area contributed by atoms with E-state index in [1.165, 1.54) is 18.5 Å². The number of carbonyl (C=O) groups is 1. The maximum atomic E-state index is 13.2. The molecule has 130 valence electrons. The molecular weight excluding hydrogens is 300 g/mol. The Morgan fingerprint density at radius 3 is 2.38 bits per heavy atom. The van der Waals surface area contributed by atoms with Gasteiger partial charge in [0.2, 0.25) is 0 Å². The Hall–Kier alpha value is -1.65. The van der Waals surface area contributed by atoms with E-state index in [0.717, 1.165) is 31.7 Å². The number of Topliss-reactive ketones (excluding diaryl/α,β-unsaturated/α-hetero) is 1. The summed E-state index contributed by atoms with van der Waals surface area (Å²) in [7, 11) is 0. The Labute approximate surface area is 145 Å². The number of nitrogens with zero attached hydrogens (tertiary/aromatic N) is 2. The van der Waals surface area contributed by atoms with Gasteiger partial charge < -0.3 is 9.64 Å². The van der Waals surface area contributed by atoms with Gasteiger partial charge in [0, 0.05) is 37.4 Å². The predicted molar refractivity (Wildman–Crippen MR) is 97.8 cm³/mol. The minimum atomic E-state index is -0.541. The highest BCUT2D eigenvalue weighted by atomic mass is 16.5. The lowest BCUT2D eigenvalue weighted by Crippen LogP contribution is -2.56. The summed E-state index contributed by atoms with van der Waals surface area (Å²) in [6.07, 6.45) is 5.02. The van der Waals surface area contributed by atoms with Gasteiger partial charge in [-0.25, -0.2) is 0 Å². The van der Waals surface area contributed by atoms with Crippen LogP contribution in [-0.2, 0) is 4.74 Å². The highest BCUT2D eigenvalue weighted by Gasteiger charge is 2.39. The largest absolute Gasteiger partial charge is 0.379 e. The molecule has 0 saturated carbocycles. The first kappa shape index (κ1) is 17.2. The predicted octanol–water partition coefficient (Wildman–Crippen LogP) is 3.14. The molecule has 24 heavy (non-hydrogen) atoms. The molecule has 0 spiro atoms. The lowest BCUT2D eigenvalue weighted by molar-refractivity contribution is -0.00871. The van der Waals surface area contributed by atoms with Crippen molar-refractivity contribution in [3.63, 3.8) is 0 Å². The molecule has 0 N–H and O–H groups in total. The van der Waals surface area contributed by atoms with E-state index in [1.807, 2.05) is 25.1 Å². The summed E-state index contributed by atoms with van der Waals surface area (Å²) in [6.45, 7) is 11.1. The molecule has 4 nitrogen and oxygen atoms in total. The summed E-state index contributed by atoms with van der Waals surface area (Å²) in [6, 6.07) is 8.15. The molecule has 0 radical (unpaired) electrons. The Morgan fingerprint density at radius 1 is 1.17 bits per heavy atom. The maximum Gasteiger partial charge on any atom is 0.183 e. The first-order chi connectivity index (χ1) is 11.6. The number of rotatable bonds is 6. The number of ether oxygens (including phenoxy) is 1. The SMILES string of the molecule is C=CCC(C)(C(=O)c1ccc(N2CCCC2)cc1)N1CCOCC1. The number of morpholine rings is 1. The zero-order chi connectivity index (χ0) is 17.0. The van der Waals surface area contributed by atoms with Crippen LogP contribution in [0.4, 0.5) is 5.69 Å². The van der Waals surface area contributed by atoms with Crippen LogP contribution < -0.4 is 4.90 Å². The van der Waals surface area contributed by atoms with E-state index in [4.69, 9.17) is 4.74 Å². The second-order valence-corrected chi connectivity index (χ2v) is 6.94. The lowest BCUT2D eigenvalue weighted by atomic mass is 9.85. The molecule has 0 aliphatic carbocycles. The molecule has 2 aliphatic heterocycles. The molecule has 2 saturated heterocycles. The third kappa shape index (κ3) is 3.40. The molecule has 2 fully saturated rings. The van der Waals surface area contributed by atoms with E-state index >= 15 is 0 Å². The van der Waals surface area contributed by atoms with Crippen molar-refractivity contribution < 1.29 is 9.53 Å². The fourth-order valence-corrected chi connectivity index (χ4v) is 3.81. The van der Waals surface area contributed by atoms with Crippen molar-refractivity contribution in [1.82, 2.24) is 4.90 Å². The highest BCUT2D eigenvalue weighted by Crippen LogP contribution is 2.28. The number of benzene rings is 1. The van der Waals surface area contributed by atoms with Crippen LogP contribution in [-0.4, -0.2) is 55.6 Å². The quantitative estimate of drug-likeness (QED) is 0.593. The van der Waals surface area contributed by atoms with Crippen molar-refractivity contribution in [2.45, 2.75) is 31.7 Å². The third-order valence-corrected chi connectivity index (χ3v) is 5.34. The summed E-state index contributed by atoms with van der Waals surface area (Å²) in [4.78, 5) is 17.9. The van der Waals surface area contributed by atoms with Gasteiger partial charge in [0.1, 0.15) is 0 Å². The topological polar surface area (TPSA) is 32.8 Å². The molecule has 1 atom stereocenters. The van der Waals surface area contributed by atoms with Gasteiger partial charge >= 0.3 is 0 Å². The van der Waals surface area contributed by atoms with Crippen molar-refractivity contribution in [1.29, 1.82) is 0 Å². The molecule has 0 amide bonds. The van der Waals surface area contributed by atoms with E-state index in [-0.39, 0.29) is 5.78 Å². The van der Waals surface area contributed by atoms with E-state index in [0.29, 0.717) is 19.6 Å². The fourth-order valence-electron chi connectivity index (χ4n) is 3.81. The molecule has 2 aliphatic rings. The average Bonchev–Trinajstić information content (AvgIpc) is 3.17. The van der Waals surface area contributed by atoms with Gasteiger partial charge in [-0.3, -0.25) is 9.69 Å². The normalized spacial score (nSPS) is 21.5. The van der Waals surface area contributed by atoms with Crippen molar-refractivity contribution in [3.05, 3.63) is 42.5 Å².